The fraction of sp³-hybridized carbons (Fsp3) is 0.263. The number of carbonyl (C=O) groups is 1. The molecule has 0 saturated heterocycles. The Labute approximate surface area is 157 Å². The van der Waals surface area contributed by atoms with Crippen LogP contribution in [0.1, 0.15) is 21.9 Å². The molecular formula is C19H22N4O2S. The Balaban J connectivity index is 1.64. The molecule has 0 radical (unpaired) electrons. The lowest BCUT2D eigenvalue weighted by Crippen LogP contribution is -2.13. The van der Waals surface area contributed by atoms with Gasteiger partial charge < -0.3 is 19.2 Å². The summed E-state index contributed by atoms with van der Waals surface area (Å²) in [6.45, 7) is 1.97. The number of nitrogens with one attached hydrogen (secondary N) is 1. The molecule has 1 aromatic carbocycles. The maximum absolute atomic E-state index is 12.4. The topological polar surface area (TPSA) is 63.3 Å². The third-order valence-electron chi connectivity index (χ3n) is 3.98. The van der Waals surface area contributed by atoms with Crippen LogP contribution >= 0.6 is 11.8 Å². The molecule has 0 aliphatic rings. The number of rotatable bonds is 6. The second-order valence-electron chi connectivity index (χ2n) is 6.22. The van der Waals surface area contributed by atoms with Gasteiger partial charge in [-0.1, -0.05) is 11.8 Å². The first-order valence-corrected chi connectivity index (χ1v) is 9.21. The molecular weight excluding hydrogens is 348 g/mol. The fourth-order valence-electron chi connectivity index (χ4n) is 2.45. The van der Waals surface area contributed by atoms with Gasteiger partial charge in [0.25, 0.3) is 5.91 Å². The van der Waals surface area contributed by atoms with Gasteiger partial charge in [0.05, 0.1) is 5.75 Å². The minimum atomic E-state index is -0.251. The average Bonchev–Trinajstić information content (AvgIpc) is 3.23. The minimum Gasteiger partial charge on any atom is -0.455 e. The summed E-state index contributed by atoms with van der Waals surface area (Å²) in [6.07, 6.45) is 3.65. The van der Waals surface area contributed by atoms with E-state index in [-0.39, 0.29) is 5.91 Å². The van der Waals surface area contributed by atoms with E-state index in [1.807, 2.05) is 68.0 Å². The van der Waals surface area contributed by atoms with Gasteiger partial charge in [0, 0.05) is 44.9 Å². The van der Waals surface area contributed by atoms with E-state index in [1.165, 1.54) is 0 Å². The highest BCUT2D eigenvalue weighted by molar-refractivity contribution is 7.98. The second-order valence-corrected chi connectivity index (χ2v) is 7.17. The number of furan rings is 1. The molecule has 2 aromatic heterocycles. The number of hydrogen-bond acceptors (Lipinski definition) is 5. The van der Waals surface area contributed by atoms with Crippen LogP contribution in [0.25, 0.3) is 0 Å². The lowest BCUT2D eigenvalue weighted by Gasteiger charge is -2.15. The molecule has 6 nitrogen and oxygen atoms in total. The van der Waals surface area contributed by atoms with E-state index in [0.717, 1.165) is 27.9 Å². The second kappa shape index (κ2) is 7.70. The number of benzene rings is 1. The van der Waals surface area contributed by atoms with Gasteiger partial charge in [-0.15, -0.1) is 0 Å². The van der Waals surface area contributed by atoms with Crippen molar-refractivity contribution in [3.8, 4) is 0 Å². The molecule has 0 spiro atoms. The number of thioether (sulfide) groups is 1. The Hall–Kier alpha value is -2.67. The zero-order valence-corrected chi connectivity index (χ0v) is 16.1. The van der Waals surface area contributed by atoms with Crippen LogP contribution in [0.4, 0.5) is 11.4 Å². The van der Waals surface area contributed by atoms with Crippen LogP contribution in [0.5, 0.6) is 0 Å². The third kappa shape index (κ3) is 4.11. The molecule has 0 bridgehead atoms. The maximum Gasteiger partial charge on any atom is 0.291 e. The number of hydrogen-bond donors (Lipinski definition) is 1. The molecule has 7 heteroatoms. The molecule has 26 heavy (non-hydrogen) atoms. The monoisotopic (exact) mass is 370 g/mol. The van der Waals surface area contributed by atoms with Crippen molar-refractivity contribution in [3.05, 3.63) is 59.8 Å². The summed E-state index contributed by atoms with van der Waals surface area (Å²) in [7, 11) is 5.92. The third-order valence-corrected chi connectivity index (χ3v) is 5.06. The predicted octanol–water partition coefficient (Wildman–Crippen LogP) is 3.93. The number of anilines is 2. The van der Waals surface area contributed by atoms with Crippen molar-refractivity contribution in [1.29, 1.82) is 0 Å². The molecule has 0 aliphatic carbocycles. The van der Waals surface area contributed by atoms with Gasteiger partial charge in [-0.2, -0.15) is 0 Å². The standard InChI is InChI=1S/C19H22N4O2S/c1-13-11-14(22(2)3)5-7-16(13)21-18(24)17-8-6-15(25-17)12-26-19-20-9-10-23(19)4/h5-11H,12H2,1-4H3,(H,21,24). The summed E-state index contributed by atoms with van der Waals surface area (Å²) in [4.78, 5) is 18.7. The van der Waals surface area contributed by atoms with E-state index < -0.39 is 0 Å². The largest absolute Gasteiger partial charge is 0.455 e. The van der Waals surface area contributed by atoms with Crippen LogP contribution in [0.3, 0.4) is 0 Å². The molecule has 3 rings (SSSR count). The van der Waals surface area contributed by atoms with Gasteiger partial charge in [0.15, 0.2) is 10.9 Å². The molecule has 2 heterocycles. The smallest absolute Gasteiger partial charge is 0.291 e. The van der Waals surface area contributed by atoms with Crippen LogP contribution in [-0.4, -0.2) is 29.6 Å². The zero-order chi connectivity index (χ0) is 18.7. The van der Waals surface area contributed by atoms with E-state index in [1.54, 1.807) is 24.0 Å². The number of nitrogens with zero attached hydrogens (tertiary/aromatic N) is 3. The molecule has 0 unspecified atom stereocenters. The Morgan fingerprint density at radius 3 is 2.77 bits per heavy atom. The summed E-state index contributed by atoms with van der Waals surface area (Å²) in [5, 5.41) is 3.82. The zero-order valence-electron chi connectivity index (χ0n) is 15.3. The van der Waals surface area contributed by atoms with Crippen molar-refractivity contribution in [3.63, 3.8) is 0 Å². The first kappa shape index (κ1) is 18.1. The van der Waals surface area contributed by atoms with Gasteiger partial charge in [-0.3, -0.25) is 4.79 Å². The van der Waals surface area contributed by atoms with Crippen molar-refractivity contribution in [2.24, 2.45) is 7.05 Å². The Bertz CT molecular complexity index is 914. The van der Waals surface area contributed by atoms with Crippen molar-refractivity contribution < 1.29 is 9.21 Å². The molecule has 0 fully saturated rings. The highest BCUT2D eigenvalue weighted by Gasteiger charge is 2.13. The first-order chi connectivity index (χ1) is 12.4. The van der Waals surface area contributed by atoms with Gasteiger partial charge in [-0.25, -0.2) is 4.98 Å². The van der Waals surface area contributed by atoms with Crippen molar-refractivity contribution in [1.82, 2.24) is 9.55 Å². The summed E-state index contributed by atoms with van der Waals surface area (Å²) in [6, 6.07) is 9.44. The van der Waals surface area contributed by atoms with Crippen LogP contribution < -0.4 is 10.2 Å². The number of aromatic nitrogens is 2. The van der Waals surface area contributed by atoms with Crippen molar-refractivity contribution >= 4 is 29.0 Å². The number of amides is 1. The highest BCUT2D eigenvalue weighted by atomic mass is 32.2. The fourth-order valence-corrected chi connectivity index (χ4v) is 3.28. The number of carbonyl (C=O) groups excluding carboxylic acids is 1. The average molecular weight is 370 g/mol. The normalized spacial score (nSPS) is 10.8. The Kier molecular flexibility index (Phi) is 5.37. The van der Waals surface area contributed by atoms with E-state index in [0.29, 0.717) is 11.5 Å². The lowest BCUT2D eigenvalue weighted by atomic mass is 10.1. The molecule has 0 aliphatic heterocycles. The Morgan fingerprint density at radius 1 is 1.31 bits per heavy atom. The van der Waals surface area contributed by atoms with E-state index in [9.17, 15) is 4.79 Å². The van der Waals surface area contributed by atoms with E-state index in [2.05, 4.69) is 10.3 Å². The van der Waals surface area contributed by atoms with Crippen LogP contribution in [0, 0.1) is 6.92 Å². The quantitative estimate of drug-likeness (QED) is 0.666. The highest BCUT2D eigenvalue weighted by Crippen LogP contribution is 2.24. The van der Waals surface area contributed by atoms with Gasteiger partial charge in [0.2, 0.25) is 0 Å². The van der Waals surface area contributed by atoms with E-state index in [4.69, 9.17) is 4.42 Å². The number of aryl methyl sites for hydroxylation is 2. The summed E-state index contributed by atoms with van der Waals surface area (Å²) in [5.74, 6) is 1.41. The molecule has 0 atom stereocenters. The lowest BCUT2D eigenvalue weighted by molar-refractivity contribution is 0.0995. The summed E-state index contributed by atoms with van der Waals surface area (Å²) >= 11 is 1.56. The predicted molar refractivity (Wildman–Crippen MR) is 105 cm³/mol. The number of imidazole rings is 1. The SMILES string of the molecule is Cc1cc(N(C)C)ccc1NC(=O)c1ccc(CSc2nccn2C)o1. The van der Waals surface area contributed by atoms with Crippen molar-refractivity contribution in [2.45, 2.75) is 17.8 Å². The van der Waals surface area contributed by atoms with Crippen LogP contribution in [0.2, 0.25) is 0 Å². The van der Waals surface area contributed by atoms with Crippen LogP contribution in [0.15, 0.2) is 52.3 Å². The minimum absolute atomic E-state index is 0.251. The van der Waals surface area contributed by atoms with Gasteiger partial charge in [-0.05, 0) is 42.8 Å². The molecule has 1 amide bonds. The molecule has 3 aromatic rings. The molecule has 136 valence electrons. The van der Waals surface area contributed by atoms with Gasteiger partial charge in [0.1, 0.15) is 5.76 Å². The summed E-state index contributed by atoms with van der Waals surface area (Å²) < 4.78 is 7.63. The first-order valence-electron chi connectivity index (χ1n) is 8.22. The summed E-state index contributed by atoms with van der Waals surface area (Å²) in [5.41, 5.74) is 2.87. The maximum atomic E-state index is 12.4. The molecule has 1 N–H and O–H groups in total. The van der Waals surface area contributed by atoms with Crippen molar-refractivity contribution in [2.75, 3.05) is 24.3 Å². The van der Waals surface area contributed by atoms with Crippen LogP contribution in [-0.2, 0) is 12.8 Å². The molecule has 0 saturated carbocycles. The van der Waals surface area contributed by atoms with E-state index >= 15 is 0 Å². The van der Waals surface area contributed by atoms with Gasteiger partial charge >= 0.3 is 0 Å². The Morgan fingerprint density at radius 2 is 2.12 bits per heavy atom.